The van der Waals surface area contributed by atoms with Gasteiger partial charge < -0.3 is 0 Å². The van der Waals surface area contributed by atoms with Gasteiger partial charge in [-0.15, -0.1) is 0 Å². The van der Waals surface area contributed by atoms with Crippen molar-refractivity contribution in [3.63, 3.8) is 0 Å². The van der Waals surface area contributed by atoms with Crippen molar-refractivity contribution in [1.82, 2.24) is 0 Å². The summed E-state index contributed by atoms with van der Waals surface area (Å²) in [5.74, 6) is 1.32. The van der Waals surface area contributed by atoms with Crippen LogP contribution in [0.1, 0.15) is 97.5 Å². The first-order valence-electron chi connectivity index (χ1n) is 8.70. The fraction of sp³-hybridized carbons (Fsp3) is 0.632. The van der Waals surface area contributed by atoms with E-state index in [4.69, 9.17) is 0 Å². The molecule has 2 aliphatic carbocycles. The molecule has 1 aromatic carbocycles. The quantitative estimate of drug-likeness (QED) is 0.645. The Morgan fingerprint density at radius 1 is 0.857 bits per heavy atom. The summed E-state index contributed by atoms with van der Waals surface area (Å²) in [6.45, 7) is 0. The van der Waals surface area contributed by atoms with E-state index in [0.717, 1.165) is 5.56 Å². The molecule has 0 saturated heterocycles. The molecular weight excluding hydrogens is 275 g/mol. The molecule has 1 aromatic rings. The van der Waals surface area contributed by atoms with E-state index in [1.54, 1.807) is 0 Å². The van der Waals surface area contributed by atoms with Gasteiger partial charge in [-0.2, -0.15) is 0 Å². The molecule has 2 heteroatoms. The maximum atomic E-state index is 12.1. The summed E-state index contributed by atoms with van der Waals surface area (Å²) in [5, 5.41) is 0. The lowest BCUT2D eigenvalue weighted by molar-refractivity contribution is 0.108. The van der Waals surface area contributed by atoms with Crippen molar-refractivity contribution in [2.24, 2.45) is 0 Å². The summed E-state index contributed by atoms with van der Waals surface area (Å²) >= 11 is 0. The summed E-state index contributed by atoms with van der Waals surface area (Å²) in [7, 11) is 2.40. The molecule has 2 saturated carbocycles. The molecule has 1 nitrogen and oxygen atoms in total. The smallest absolute Gasteiger partial charge is 0.178 e. The van der Waals surface area contributed by atoms with Gasteiger partial charge in [0.25, 0.3) is 0 Å². The van der Waals surface area contributed by atoms with Crippen LogP contribution in [0.3, 0.4) is 0 Å². The molecule has 21 heavy (non-hydrogen) atoms. The molecule has 2 fully saturated rings. The second-order valence-corrected chi connectivity index (χ2v) is 7.37. The van der Waals surface area contributed by atoms with Crippen LogP contribution in [-0.2, 0) is 0 Å². The molecule has 2 aliphatic rings. The highest BCUT2D eigenvalue weighted by molar-refractivity contribution is 7.41. The summed E-state index contributed by atoms with van der Waals surface area (Å²) in [6, 6.07) is 6.47. The van der Waals surface area contributed by atoms with Gasteiger partial charge in [0.05, 0.1) is 0 Å². The normalized spacial score (nSPS) is 21.4. The second-order valence-electron chi connectivity index (χ2n) is 6.84. The zero-order valence-electron chi connectivity index (χ0n) is 12.9. The molecule has 0 amide bonds. The maximum Gasteiger partial charge on any atom is 0.178 e. The van der Waals surface area contributed by atoms with Gasteiger partial charge in [-0.25, -0.2) is 0 Å². The van der Waals surface area contributed by atoms with Gasteiger partial charge in [0, 0.05) is 5.56 Å². The highest BCUT2D eigenvalue weighted by Gasteiger charge is 2.27. The minimum Gasteiger partial charge on any atom is -0.290 e. The van der Waals surface area contributed by atoms with Gasteiger partial charge in [-0.05, 0) is 48.6 Å². The topological polar surface area (TPSA) is 17.1 Å². The third-order valence-electron chi connectivity index (χ3n) is 5.46. The third kappa shape index (κ3) is 3.39. The molecule has 0 radical (unpaired) electrons. The highest BCUT2D eigenvalue weighted by Crippen LogP contribution is 2.42. The monoisotopic (exact) mass is 302 g/mol. The van der Waals surface area contributed by atoms with Crippen molar-refractivity contribution in [1.29, 1.82) is 0 Å². The van der Waals surface area contributed by atoms with Crippen LogP contribution in [0.25, 0.3) is 0 Å². The fourth-order valence-corrected chi connectivity index (χ4v) is 4.67. The Hall–Kier alpha value is -0.680. The zero-order valence-corrected chi connectivity index (χ0v) is 14.1. The summed E-state index contributed by atoms with van der Waals surface area (Å²) in [4.78, 5) is 12.1. The molecule has 0 N–H and O–H groups in total. The summed E-state index contributed by atoms with van der Waals surface area (Å²) < 4.78 is 0. The van der Waals surface area contributed by atoms with Crippen LogP contribution in [-0.4, -0.2) is 5.52 Å². The van der Waals surface area contributed by atoms with E-state index in [1.165, 1.54) is 75.3 Å². The van der Waals surface area contributed by atoms with Crippen LogP contribution in [0.4, 0.5) is 0 Å². The van der Waals surface area contributed by atoms with Crippen molar-refractivity contribution in [3.05, 3.63) is 34.9 Å². The molecule has 114 valence electrons. The second kappa shape index (κ2) is 7.05. The van der Waals surface area contributed by atoms with Crippen molar-refractivity contribution >= 4 is 14.8 Å². The van der Waals surface area contributed by atoms with Crippen LogP contribution in [0.2, 0.25) is 0 Å². The van der Waals surface area contributed by atoms with Gasteiger partial charge >= 0.3 is 0 Å². The minimum absolute atomic E-state index is 0.174. The molecule has 3 rings (SSSR count). The van der Waals surface area contributed by atoms with Crippen molar-refractivity contribution < 1.29 is 4.79 Å². The van der Waals surface area contributed by atoms with Crippen LogP contribution >= 0.6 is 9.24 Å². The first-order chi connectivity index (χ1) is 10.3. The Morgan fingerprint density at radius 3 is 2.00 bits per heavy atom. The van der Waals surface area contributed by atoms with E-state index in [0.29, 0.717) is 11.8 Å². The third-order valence-corrected chi connectivity index (χ3v) is 5.77. The number of hydrogen-bond acceptors (Lipinski definition) is 1. The standard InChI is InChI=1S/C19H27OP/c20-19(21)17-13-7-12-16(14-8-3-1-4-9-14)18(17)15-10-5-2-6-11-15/h7,12-15H,1-6,8-11,21H2. The summed E-state index contributed by atoms with van der Waals surface area (Å²) in [6.07, 6.45) is 13.3. The Bertz CT molecular complexity index is 496. The average molecular weight is 302 g/mol. The SMILES string of the molecule is O=C(P)c1cccc(C2CCCCC2)c1C1CCCCC1. The van der Waals surface area contributed by atoms with Gasteiger partial charge in [0.15, 0.2) is 5.52 Å². The Morgan fingerprint density at radius 2 is 1.43 bits per heavy atom. The molecule has 1 atom stereocenters. The van der Waals surface area contributed by atoms with Crippen LogP contribution in [0, 0.1) is 0 Å². The number of carbonyl (C=O) groups is 1. The summed E-state index contributed by atoms with van der Waals surface area (Å²) in [5.41, 5.74) is 4.09. The van der Waals surface area contributed by atoms with Crippen LogP contribution < -0.4 is 0 Å². The molecule has 0 heterocycles. The largest absolute Gasteiger partial charge is 0.290 e. The lowest BCUT2D eigenvalue weighted by Gasteiger charge is -2.31. The van der Waals surface area contributed by atoms with Gasteiger partial charge in [0.2, 0.25) is 0 Å². The van der Waals surface area contributed by atoms with Gasteiger partial charge in [-0.1, -0.05) is 66.0 Å². The lowest BCUT2D eigenvalue weighted by atomic mass is 9.74. The number of rotatable bonds is 3. The Balaban J connectivity index is 2.00. The van der Waals surface area contributed by atoms with Crippen LogP contribution in [0.5, 0.6) is 0 Å². The average Bonchev–Trinajstić information content (AvgIpc) is 2.55. The number of hydrogen-bond donors (Lipinski definition) is 0. The van der Waals surface area contributed by atoms with Crippen molar-refractivity contribution in [2.45, 2.75) is 76.0 Å². The van der Waals surface area contributed by atoms with E-state index in [9.17, 15) is 4.79 Å². The number of benzene rings is 1. The van der Waals surface area contributed by atoms with E-state index < -0.39 is 0 Å². The molecule has 1 unspecified atom stereocenters. The van der Waals surface area contributed by atoms with E-state index >= 15 is 0 Å². The van der Waals surface area contributed by atoms with Crippen molar-refractivity contribution in [2.75, 3.05) is 0 Å². The minimum atomic E-state index is 0.174. The molecule has 0 bridgehead atoms. The van der Waals surface area contributed by atoms with Crippen molar-refractivity contribution in [3.8, 4) is 0 Å². The Kier molecular flexibility index (Phi) is 5.11. The molecule has 0 aromatic heterocycles. The predicted molar refractivity (Wildman–Crippen MR) is 92.1 cm³/mol. The van der Waals surface area contributed by atoms with Gasteiger partial charge in [0.1, 0.15) is 0 Å². The number of carbonyl (C=O) groups excluding carboxylic acids is 1. The first kappa shape index (κ1) is 15.2. The van der Waals surface area contributed by atoms with Gasteiger partial charge in [-0.3, -0.25) is 4.79 Å². The van der Waals surface area contributed by atoms with E-state index in [-0.39, 0.29) is 5.52 Å². The molecule has 0 aliphatic heterocycles. The van der Waals surface area contributed by atoms with E-state index in [1.807, 2.05) is 6.07 Å². The first-order valence-corrected chi connectivity index (χ1v) is 9.27. The molecule has 0 spiro atoms. The van der Waals surface area contributed by atoms with E-state index in [2.05, 4.69) is 21.4 Å². The fourth-order valence-electron chi connectivity index (χ4n) is 4.41. The predicted octanol–water partition coefficient (Wildman–Crippen LogP) is 5.80. The zero-order chi connectivity index (χ0) is 14.7. The highest BCUT2D eigenvalue weighted by atomic mass is 31.0. The Labute approximate surface area is 131 Å². The molecular formula is C19H27OP. The maximum absolute atomic E-state index is 12.1. The van der Waals surface area contributed by atoms with Crippen LogP contribution in [0.15, 0.2) is 18.2 Å². The lowest BCUT2D eigenvalue weighted by Crippen LogP contribution is -2.15.